The SMILES string of the molecule is C[C@H]1OC(OC2C(CO)O[C@H](OC(C(O)C(O)C=O)[C@H](O)CO)[C@H](O)C2O)C(O)[C@@H](O)C1NC1C=C(CO)CC(O)[C@H]1O. The highest BCUT2D eigenvalue weighted by atomic mass is 16.7. The highest BCUT2D eigenvalue weighted by Gasteiger charge is 2.52. The number of hydrogen-bond acceptors (Lipinski definition) is 18. The number of carbonyl (C=O) groups excluding carboxylic acids is 1. The maximum Gasteiger partial charge on any atom is 0.187 e. The van der Waals surface area contributed by atoms with E-state index in [1.54, 1.807) is 0 Å². The molecule has 2 aliphatic heterocycles. The van der Waals surface area contributed by atoms with Crippen LogP contribution in [0.3, 0.4) is 0 Å². The first-order valence-electron chi connectivity index (χ1n) is 13.8. The van der Waals surface area contributed by atoms with Gasteiger partial charge in [0.2, 0.25) is 0 Å². The molecule has 2 fully saturated rings. The van der Waals surface area contributed by atoms with Crippen LogP contribution in [0.4, 0.5) is 0 Å². The van der Waals surface area contributed by atoms with Gasteiger partial charge < -0.3 is 90.3 Å². The minimum Gasteiger partial charge on any atom is -0.394 e. The van der Waals surface area contributed by atoms with Gasteiger partial charge in [0.25, 0.3) is 0 Å². The van der Waals surface area contributed by atoms with Crippen molar-refractivity contribution < 1.29 is 85.0 Å². The van der Waals surface area contributed by atoms with Gasteiger partial charge in [0, 0.05) is 0 Å². The van der Waals surface area contributed by atoms with Gasteiger partial charge >= 0.3 is 0 Å². The molecule has 2 heterocycles. The van der Waals surface area contributed by atoms with Gasteiger partial charge in [-0.15, -0.1) is 0 Å². The zero-order chi connectivity index (χ0) is 32.2. The van der Waals surface area contributed by atoms with E-state index in [1.165, 1.54) is 13.0 Å². The number of aldehydes is 1. The van der Waals surface area contributed by atoms with Crippen molar-refractivity contribution in [2.45, 2.75) is 117 Å². The predicted octanol–water partition coefficient (Wildman–Crippen LogP) is -7.69. The summed E-state index contributed by atoms with van der Waals surface area (Å²) in [5.41, 5.74) is 0.449. The van der Waals surface area contributed by atoms with Gasteiger partial charge in [0.15, 0.2) is 18.9 Å². The Morgan fingerprint density at radius 1 is 0.953 bits per heavy atom. The molecular weight excluding hydrogens is 586 g/mol. The lowest BCUT2D eigenvalue weighted by Crippen LogP contribution is -2.68. The molecule has 0 amide bonds. The van der Waals surface area contributed by atoms with Crippen LogP contribution >= 0.6 is 0 Å². The molecule has 0 aromatic carbocycles. The van der Waals surface area contributed by atoms with E-state index >= 15 is 0 Å². The largest absolute Gasteiger partial charge is 0.394 e. The fourth-order valence-corrected chi connectivity index (χ4v) is 5.33. The fourth-order valence-electron chi connectivity index (χ4n) is 5.33. The third-order valence-electron chi connectivity index (χ3n) is 7.88. The Morgan fingerprint density at radius 2 is 1.60 bits per heavy atom. The van der Waals surface area contributed by atoms with E-state index in [1.807, 2.05) is 0 Å². The molecule has 17 atom stereocenters. The van der Waals surface area contributed by atoms with Gasteiger partial charge in [-0.25, -0.2) is 0 Å². The average Bonchev–Trinajstić information content (AvgIpc) is 3.00. The van der Waals surface area contributed by atoms with Gasteiger partial charge in [0.05, 0.1) is 50.2 Å². The molecule has 0 radical (unpaired) electrons. The smallest absolute Gasteiger partial charge is 0.187 e. The molecule has 1 aliphatic carbocycles. The summed E-state index contributed by atoms with van der Waals surface area (Å²) in [4.78, 5) is 10.9. The Balaban J connectivity index is 1.70. The first kappa shape index (κ1) is 36.2. The third kappa shape index (κ3) is 8.12. The van der Waals surface area contributed by atoms with Crippen LogP contribution in [0.15, 0.2) is 11.6 Å². The van der Waals surface area contributed by atoms with E-state index in [2.05, 4.69) is 5.32 Å². The summed E-state index contributed by atoms with van der Waals surface area (Å²) in [7, 11) is 0. The first-order valence-corrected chi connectivity index (χ1v) is 13.8. The summed E-state index contributed by atoms with van der Waals surface area (Å²) in [6.07, 6.45) is -23.8. The van der Waals surface area contributed by atoms with Crippen molar-refractivity contribution in [2.75, 3.05) is 19.8 Å². The molecule has 250 valence electrons. The van der Waals surface area contributed by atoms with Crippen molar-refractivity contribution in [1.82, 2.24) is 5.32 Å². The van der Waals surface area contributed by atoms with Crippen molar-refractivity contribution in [1.29, 1.82) is 0 Å². The summed E-state index contributed by atoms with van der Waals surface area (Å²) in [6.45, 7) is -0.736. The van der Waals surface area contributed by atoms with Crippen molar-refractivity contribution in [2.24, 2.45) is 0 Å². The zero-order valence-electron chi connectivity index (χ0n) is 23.2. The Bertz CT molecular complexity index is 911. The van der Waals surface area contributed by atoms with E-state index in [9.17, 15) is 66.1 Å². The maximum atomic E-state index is 10.9. The van der Waals surface area contributed by atoms with E-state index in [0.29, 0.717) is 5.57 Å². The minimum absolute atomic E-state index is 0.0488. The Hall–Kier alpha value is -1.27. The number of nitrogens with one attached hydrogen (secondary N) is 1. The van der Waals surface area contributed by atoms with Crippen LogP contribution in [0.25, 0.3) is 0 Å². The predicted molar refractivity (Wildman–Crippen MR) is 138 cm³/mol. The summed E-state index contributed by atoms with van der Waals surface area (Å²) >= 11 is 0. The van der Waals surface area contributed by atoms with Gasteiger partial charge in [-0.1, -0.05) is 6.08 Å². The highest BCUT2D eigenvalue weighted by Crippen LogP contribution is 2.31. The number of rotatable bonds is 13. The molecule has 0 aromatic heterocycles. The second-order valence-corrected chi connectivity index (χ2v) is 10.9. The first-order chi connectivity index (χ1) is 20.3. The molecule has 18 heteroatoms. The molecular formula is C25H43NO17. The quantitative estimate of drug-likeness (QED) is 0.0664. The van der Waals surface area contributed by atoms with Crippen LogP contribution in [0.1, 0.15) is 13.3 Å². The molecule has 0 aromatic rings. The van der Waals surface area contributed by atoms with Crippen LogP contribution in [-0.2, 0) is 23.7 Å². The average molecular weight is 630 g/mol. The lowest BCUT2D eigenvalue weighted by molar-refractivity contribution is -0.361. The van der Waals surface area contributed by atoms with Crippen LogP contribution < -0.4 is 5.32 Å². The highest BCUT2D eigenvalue weighted by molar-refractivity contribution is 5.56. The van der Waals surface area contributed by atoms with Crippen LogP contribution in [0.2, 0.25) is 0 Å². The van der Waals surface area contributed by atoms with E-state index in [0.717, 1.165) is 0 Å². The van der Waals surface area contributed by atoms with Crippen molar-refractivity contribution in [3.63, 3.8) is 0 Å². The topological polar surface area (TPSA) is 309 Å². The number of hydrogen-bond donors (Lipinski definition) is 13. The minimum atomic E-state index is -2.09. The number of aliphatic hydroxyl groups excluding tert-OH is 12. The van der Waals surface area contributed by atoms with Crippen LogP contribution in [0.5, 0.6) is 0 Å². The molecule has 0 bridgehead atoms. The third-order valence-corrected chi connectivity index (χ3v) is 7.88. The Morgan fingerprint density at radius 3 is 2.19 bits per heavy atom. The second kappa shape index (κ2) is 15.8. The van der Waals surface area contributed by atoms with Crippen LogP contribution in [0, 0.1) is 0 Å². The molecule has 43 heavy (non-hydrogen) atoms. The monoisotopic (exact) mass is 629 g/mol. The fraction of sp³-hybridized carbons (Fsp3) is 0.880. The van der Waals surface area contributed by atoms with Gasteiger partial charge in [0.1, 0.15) is 61.0 Å². The molecule has 3 aliphatic rings. The standard InChI is InChI=1S/C25H43NO17/c1-8-15(26-10-2-9(4-27)3-11(31)16(10)34)18(36)20(38)24(40-8)43-23-14(7-30)41-25(21(39)19(23)37)42-22(13(33)6-29)17(35)12(32)5-28/h2,5,8,10-27,29-39H,3-4,6-7H2,1H3/t8-,10?,11?,12?,13-,14?,15?,16+,17?,18+,19?,20?,21-,22?,23?,24?,25-/m1/s1. The molecule has 0 spiro atoms. The van der Waals surface area contributed by atoms with Gasteiger partial charge in [-0.3, -0.25) is 0 Å². The second-order valence-electron chi connectivity index (χ2n) is 10.9. The Labute approximate surface area is 245 Å². The number of carbonyl (C=O) groups is 1. The van der Waals surface area contributed by atoms with Gasteiger partial charge in [-0.05, 0) is 18.9 Å². The normalized spacial score (nSPS) is 43.4. The summed E-state index contributed by atoms with van der Waals surface area (Å²) in [5.74, 6) is 0. The van der Waals surface area contributed by atoms with Crippen molar-refractivity contribution >= 4 is 6.29 Å². The molecule has 0 saturated carbocycles. The molecule has 11 unspecified atom stereocenters. The van der Waals surface area contributed by atoms with E-state index < -0.39 is 117 Å². The van der Waals surface area contributed by atoms with Crippen LogP contribution in [-0.4, -0.2) is 191 Å². The number of aliphatic hydroxyl groups is 12. The number of ether oxygens (including phenoxy) is 4. The van der Waals surface area contributed by atoms with Crippen molar-refractivity contribution in [3.05, 3.63) is 11.6 Å². The van der Waals surface area contributed by atoms with E-state index in [4.69, 9.17) is 18.9 Å². The van der Waals surface area contributed by atoms with Crippen molar-refractivity contribution in [3.8, 4) is 0 Å². The lowest BCUT2D eigenvalue weighted by Gasteiger charge is -2.48. The molecule has 18 nitrogen and oxygen atoms in total. The lowest BCUT2D eigenvalue weighted by atomic mass is 9.88. The molecule has 13 N–H and O–H groups in total. The summed E-state index contributed by atoms with van der Waals surface area (Å²) in [6, 6.07) is -1.94. The van der Waals surface area contributed by atoms with E-state index in [-0.39, 0.29) is 19.3 Å². The summed E-state index contributed by atoms with van der Waals surface area (Å²) in [5, 5.41) is 125. The summed E-state index contributed by atoms with van der Waals surface area (Å²) < 4.78 is 22.1. The van der Waals surface area contributed by atoms with Gasteiger partial charge in [-0.2, -0.15) is 0 Å². The molecule has 2 saturated heterocycles. The maximum absolute atomic E-state index is 10.9. The molecule has 3 rings (SSSR count). The Kier molecular flexibility index (Phi) is 13.3. The zero-order valence-corrected chi connectivity index (χ0v) is 23.2.